The fourth-order valence-electron chi connectivity index (χ4n) is 0.964. The van der Waals surface area contributed by atoms with Crippen molar-refractivity contribution in [2.75, 3.05) is 5.73 Å². The Bertz CT molecular complexity index is 489. The number of hydrogen-bond acceptors (Lipinski definition) is 3. The minimum Gasteiger partial charge on any atom is -0.398 e. The van der Waals surface area contributed by atoms with E-state index in [-0.39, 0.29) is 6.42 Å². The van der Waals surface area contributed by atoms with Crippen molar-refractivity contribution in [3.63, 3.8) is 0 Å². The molecule has 1 rings (SSSR count). The molecule has 0 aliphatic carbocycles. The first-order chi connectivity index (χ1) is 7.13. The third-order valence-corrected chi connectivity index (χ3v) is 1.67. The molecule has 0 saturated heterocycles. The SMILES string of the molecule is N#Cc1cc(C#CCC(N)=O)ccc1N. The van der Waals surface area contributed by atoms with Crippen LogP contribution in [0, 0.1) is 23.2 Å². The molecule has 0 heterocycles. The van der Waals surface area contributed by atoms with Crippen molar-refractivity contribution in [2.45, 2.75) is 6.42 Å². The largest absolute Gasteiger partial charge is 0.398 e. The maximum atomic E-state index is 10.4. The number of nitrogens with two attached hydrogens (primary N) is 2. The molecule has 4 N–H and O–H groups in total. The number of nitrogen functional groups attached to an aromatic ring is 1. The highest BCUT2D eigenvalue weighted by molar-refractivity contribution is 5.76. The number of nitrogens with zero attached hydrogens (tertiary/aromatic N) is 1. The van der Waals surface area contributed by atoms with Crippen LogP contribution in [0.2, 0.25) is 0 Å². The summed E-state index contributed by atoms with van der Waals surface area (Å²) in [6, 6.07) is 6.81. The van der Waals surface area contributed by atoms with Crippen LogP contribution in [-0.2, 0) is 4.79 Å². The summed E-state index contributed by atoms with van der Waals surface area (Å²) in [5.74, 6) is 4.84. The normalized spacial score (nSPS) is 8.47. The summed E-state index contributed by atoms with van der Waals surface area (Å²) in [5, 5.41) is 8.70. The highest BCUT2D eigenvalue weighted by Crippen LogP contribution is 2.11. The Morgan fingerprint density at radius 2 is 2.20 bits per heavy atom. The number of carbonyl (C=O) groups excluding carboxylic acids is 1. The van der Waals surface area contributed by atoms with Gasteiger partial charge in [-0.3, -0.25) is 4.79 Å². The summed E-state index contributed by atoms with van der Waals surface area (Å²) in [4.78, 5) is 10.4. The Morgan fingerprint density at radius 1 is 1.47 bits per heavy atom. The molecule has 74 valence electrons. The Labute approximate surface area is 87.5 Å². The van der Waals surface area contributed by atoms with Gasteiger partial charge in [0.1, 0.15) is 6.07 Å². The van der Waals surface area contributed by atoms with Gasteiger partial charge in [-0.1, -0.05) is 11.8 Å². The molecule has 0 aliphatic heterocycles. The number of benzene rings is 1. The number of amides is 1. The number of rotatable bonds is 1. The highest BCUT2D eigenvalue weighted by atomic mass is 16.1. The van der Waals surface area contributed by atoms with E-state index in [1.807, 2.05) is 6.07 Å². The third-order valence-electron chi connectivity index (χ3n) is 1.67. The average Bonchev–Trinajstić information content (AvgIpc) is 2.20. The van der Waals surface area contributed by atoms with Gasteiger partial charge in [-0.25, -0.2) is 0 Å². The fourth-order valence-corrected chi connectivity index (χ4v) is 0.964. The zero-order valence-electron chi connectivity index (χ0n) is 7.95. The molecule has 0 atom stereocenters. The molecule has 0 aliphatic rings. The van der Waals surface area contributed by atoms with Gasteiger partial charge in [-0.2, -0.15) is 5.26 Å². The summed E-state index contributed by atoms with van der Waals surface area (Å²) in [6.45, 7) is 0. The lowest BCUT2D eigenvalue weighted by Crippen LogP contribution is -2.08. The van der Waals surface area contributed by atoms with Gasteiger partial charge in [0.15, 0.2) is 0 Å². The molecule has 0 saturated carbocycles. The highest BCUT2D eigenvalue weighted by Gasteiger charge is 1.97. The van der Waals surface area contributed by atoms with Crippen LogP contribution in [0.4, 0.5) is 5.69 Å². The fraction of sp³-hybridized carbons (Fsp3) is 0.0909. The molecular weight excluding hydrogens is 190 g/mol. The van der Waals surface area contributed by atoms with Crippen molar-refractivity contribution in [3.05, 3.63) is 29.3 Å². The van der Waals surface area contributed by atoms with E-state index in [4.69, 9.17) is 16.7 Å². The van der Waals surface area contributed by atoms with Gasteiger partial charge in [0.05, 0.1) is 12.0 Å². The van der Waals surface area contributed by atoms with Gasteiger partial charge in [0.25, 0.3) is 0 Å². The van der Waals surface area contributed by atoms with Gasteiger partial charge >= 0.3 is 0 Å². The van der Waals surface area contributed by atoms with E-state index in [1.54, 1.807) is 18.2 Å². The molecule has 0 spiro atoms. The van der Waals surface area contributed by atoms with Crippen molar-refractivity contribution >= 4 is 11.6 Å². The minimum absolute atomic E-state index is 0.00621. The number of anilines is 1. The van der Waals surface area contributed by atoms with E-state index in [2.05, 4.69) is 11.8 Å². The predicted octanol–water partition coefficient (Wildman–Crippen LogP) is 0.367. The first kappa shape index (κ1) is 10.6. The first-order valence-electron chi connectivity index (χ1n) is 4.20. The standard InChI is InChI=1S/C11H9N3O/c12-7-9-6-8(4-5-10(9)13)2-1-3-11(14)15/h4-6H,3,13H2,(H2,14,15). The molecule has 0 radical (unpaired) electrons. The van der Waals surface area contributed by atoms with Crippen molar-refractivity contribution in [3.8, 4) is 17.9 Å². The van der Waals surface area contributed by atoms with E-state index < -0.39 is 5.91 Å². The summed E-state index contributed by atoms with van der Waals surface area (Å²) < 4.78 is 0. The smallest absolute Gasteiger partial charge is 0.229 e. The second kappa shape index (κ2) is 4.69. The molecular formula is C11H9N3O. The van der Waals surface area contributed by atoms with Gasteiger partial charge in [0, 0.05) is 11.3 Å². The topological polar surface area (TPSA) is 92.9 Å². The second-order valence-electron chi connectivity index (χ2n) is 2.86. The number of carbonyl (C=O) groups is 1. The number of nitriles is 1. The van der Waals surface area contributed by atoms with E-state index in [0.717, 1.165) is 0 Å². The van der Waals surface area contributed by atoms with Gasteiger partial charge in [0.2, 0.25) is 5.91 Å². The summed E-state index contributed by atoms with van der Waals surface area (Å²) in [6.07, 6.45) is 0.00621. The molecule has 4 heteroatoms. The minimum atomic E-state index is -0.474. The molecule has 15 heavy (non-hydrogen) atoms. The monoisotopic (exact) mass is 199 g/mol. The molecule has 0 unspecified atom stereocenters. The lowest BCUT2D eigenvalue weighted by Gasteiger charge is -1.96. The molecule has 4 nitrogen and oxygen atoms in total. The van der Waals surface area contributed by atoms with E-state index in [1.165, 1.54) is 0 Å². The lowest BCUT2D eigenvalue weighted by atomic mass is 10.1. The van der Waals surface area contributed by atoms with Crippen LogP contribution in [0.15, 0.2) is 18.2 Å². The second-order valence-corrected chi connectivity index (χ2v) is 2.86. The summed E-state index contributed by atoms with van der Waals surface area (Å²) >= 11 is 0. The van der Waals surface area contributed by atoms with Crippen LogP contribution in [-0.4, -0.2) is 5.91 Å². The number of hydrogen-bond donors (Lipinski definition) is 2. The molecule has 0 aromatic heterocycles. The van der Waals surface area contributed by atoms with Crippen LogP contribution < -0.4 is 11.5 Å². The molecule has 0 bridgehead atoms. The average molecular weight is 199 g/mol. The maximum Gasteiger partial charge on any atom is 0.229 e. The van der Waals surface area contributed by atoms with Crippen LogP contribution in [0.5, 0.6) is 0 Å². The summed E-state index contributed by atoms with van der Waals surface area (Å²) in [7, 11) is 0. The number of primary amides is 1. The molecule has 1 amide bonds. The van der Waals surface area contributed by atoms with Crippen molar-refractivity contribution < 1.29 is 4.79 Å². The quantitative estimate of drug-likeness (QED) is 0.505. The zero-order valence-corrected chi connectivity index (χ0v) is 7.95. The van der Waals surface area contributed by atoms with E-state index >= 15 is 0 Å². The van der Waals surface area contributed by atoms with Crippen molar-refractivity contribution in [1.29, 1.82) is 5.26 Å². The predicted molar refractivity (Wildman–Crippen MR) is 56.3 cm³/mol. The van der Waals surface area contributed by atoms with Crippen molar-refractivity contribution in [1.82, 2.24) is 0 Å². The lowest BCUT2D eigenvalue weighted by molar-refractivity contribution is -0.117. The first-order valence-corrected chi connectivity index (χ1v) is 4.20. The van der Waals surface area contributed by atoms with Crippen LogP contribution >= 0.6 is 0 Å². The van der Waals surface area contributed by atoms with Crippen LogP contribution in [0.3, 0.4) is 0 Å². The summed E-state index contributed by atoms with van der Waals surface area (Å²) in [5.41, 5.74) is 11.9. The Hall–Kier alpha value is -2.46. The van der Waals surface area contributed by atoms with Crippen LogP contribution in [0.1, 0.15) is 17.5 Å². The Morgan fingerprint density at radius 3 is 2.80 bits per heavy atom. The molecule has 0 fully saturated rings. The van der Waals surface area contributed by atoms with Gasteiger partial charge < -0.3 is 11.5 Å². The van der Waals surface area contributed by atoms with Gasteiger partial charge in [-0.15, -0.1) is 0 Å². The van der Waals surface area contributed by atoms with Crippen LogP contribution in [0.25, 0.3) is 0 Å². The van der Waals surface area contributed by atoms with Crippen molar-refractivity contribution in [2.24, 2.45) is 5.73 Å². The maximum absolute atomic E-state index is 10.4. The van der Waals surface area contributed by atoms with E-state index in [9.17, 15) is 4.79 Å². The molecule has 1 aromatic carbocycles. The zero-order chi connectivity index (χ0) is 11.3. The third kappa shape index (κ3) is 3.06. The van der Waals surface area contributed by atoms with Gasteiger partial charge in [-0.05, 0) is 18.2 Å². The molecule has 1 aromatic rings. The Kier molecular flexibility index (Phi) is 3.32. The Balaban J connectivity index is 2.92. The van der Waals surface area contributed by atoms with E-state index in [0.29, 0.717) is 16.8 Å².